The molecule has 0 aromatic carbocycles. The number of carboxylic acid groups (broad SMARTS) is 1. The van der Waals surface area contributed by atoms with Gasteiger partial charge in [0.2, 0.25) is 0 Å². The van der Waals surface area contributed by atoms with Crippen LogP contribution in [0, 0.1) is 12.3 Å². The zero-order valence-electron chi connectivity index (χ0n) is 9.27. The molecule has 86 valence electrons. The molecular weight excluding hydrogens is 206 g/mol. The molecule has 1 aliphatic carbocycles. The summed E-state index contributed by atoms with van der Waals surface area (Å²) in [5.74, 6) is -0.780. The molecule has 0 unspecified atom stereocenters. The molecule has 1 aliphatic rings. The number of pyridine rings is 1. The van der Waals surface area contributed by atoms with Crippen molar-refractivity contribution < 1.29 is 9.90 Å². The molecule has 1 N–H and O–H groups in total. The van der Waals surface area contributed by atoms with E-state index in [1.807, 2.05) is 13.0 Å². The average molecular weight is 221 g/mol. The van der Waals surface area contributed by atoms with Crippen LogP contribution in [0.1, 0.15) is 24.8 Å². The molecule has 1 aromatic heterocycles. The Hall–Kier alpha value is -1.58. The van der Waals surface area contributed by atoms with E-state index in [-0.39, 0.29) is 17.4 Å². The van der Waals surface area contributed by atoms with Crippen LogP contribution >= 0.6 is 0 Å². The Morgan fingerprint density at radius 3 is 2.75 bits per heavy atom. The summed E-state index contributed by atoms with van der Waals surface area (Å²) in [6.45, 7) is 2.40. The largest absolute Gasteiger partial charge is 0.481 e. The quantitative estimate of drug-likeness (QED) is 0.836. The highest BCUT2D eigenvalue weighted by atomic mass is 16.4. The van der Waals surface area contributed by atoms with Crippen molar-refractivity contribution in [3.05, 3.63) is 34.2 Å². The number of rotatable bonds is 4. The van der Waals surface area contributed by atoms with Gasteiger partial charge in [-0.15, -0.1) is 0 Å². The van der Waals surface area contributed by atoms with E-state index in [0.29, 0.717) is 6.54 Å². The second-order valence-electron chi connectivity index (χ2n) is 4.74. The number of aliphatic carboxylic acids is 1. The number of aryl methyl sites for hydroxylation is 1. The van der Waals surface area contributed by atoms with Crippen LogP contribution in [0.15, 0.2) is 23.1 Å². The summed E-state index contributed by atoms with van der Waals surface area (Å²) in [5, 5.41) is 8.79. The Morgan fingerprint density at radius 1 is 1.56 bits per heavy atom. The van der Waals surface area contributed by atoms with Crippen molar-refractivity contribution in [1.82, 2.24) is 4.57 Å². The SMILES string of the molecule is Cc1ccn(CC2(CC(=O)O)CC2)c(=O)c1. The fraction of sp³-hybridized carbons (Fsp3) is 0.500. The molecule has 0 amide bonds. The summed E-state index contributed by atoms with van der Waals surface area (Å²) in [6.07, 6.45) is 3.71. The van der Waals surface area contributed by atoms with E-state index in [4.69, 9.17) is 5.11 Å². The first-order valence-electron chi connectivity index (χ1n) is 5.40. The maximum absolute atomic E-state index is 11.6. The second kappa shape index (κ2) is 3.77. The van der Waals surface area contributed by atoms with E-state index in [1.165, 1.54) is 0 Å². The van der Waals surface area contributed by atoms with Gasteiger partial charge in [-0.1, -0.05) is 0 Å². The number of carbonyl (C=O) groups is 1. The van der Waals surface area contributed by atoms with Gasteiger partial charge in [-0.2, -0.15) is 0 Å². The van der Waals surface area contributed by atoms with Crippen LogP contribution in [0.25, 0.3) is 0 Å². The van der Waals surface area contributed by atoms with Gasteiger partial charge >= 0.3 is 5.97 Å². The van der Waals surface area contributed by atoms with Gasteiger partial charge in [0.25, 0.3) is 5.56 Å². The van der Waals surface area contributed by atoms with Gasteiger partial charge in [-0.05, 0) is 36.8 Å². The van der Waals surface area contributed by atoms with Crippen LogP contribution in [0.3, 0.4) is 0 Å². The third kappa shape index (κ3) is 2.32. The van der Waals surface area contributed by atoms with Gasteiger partial charge in [0, 0.05) is 18.8 Å². The predicted octanol–water partition coefficient (Wildman–Crippen LogP) is 1.41. The number of hydrogen-bond donors (Lipinski definition) is 1. The van der Waals surface area contributed by atoms with Crippen LogP contribution in [0.5, 0.6) is 0 Å². The van der Waals surface area contributed by atoms with E-state index < -0.39 is 5.97 Å². The van der Waals surface area contributed by atoms with Gasteiger partial charge < -0.3 is 9.67 Å². The lowest BCUT2D eigenvalue weighted by Gasteiger charge is -2.14. The van der Waals surface area contributed by atoms with Crippen molar-refractivity contribution in [2.45, 2.75) is 32.7 Å². The minimum Gasteiger partial charge on any atom is -0.481 e. The average Bonchev–Trinajstić information content (AvgIpc) is 2.89. The molecule has 0 saturated heterocycles. The van der Waals surface area contributed by atoms with Crippen molar-refractivity contribution in [3.8, 4) is 0 Å². The van der Waals surface area contributed by atoms with Crippen molar-refractivity contribution >= 4 is 5.97 Å². The molecule has 0 atom stereocenters. The summed E-state index contributed by atoms with van der Waals surface area (Å²) in [5.41, 5.74) is 0.714. The first kappa shape index (κ1) is 10.9. The number of hydrogen-bond acceptors (Lipinski definition) is 2. The van der Waals surface area contributed by atoms with E-state index >= 15 is 0 Å². The van der Waals surface area contributed by atoms with Crippen LogP contribution in [-0.4, -0.2) is 15.6 Å². The van der Waals surface area contributed by atoms with Crippen LogP contribution in [0.4, 0.5) is 0 Å². The predicted molar refractivity (Wildman–Crippen MR) is 59.4 cm³/mol. The van der Waals surface area contributed by atoms with E-state index in [9.17, 15) is 9.59 Å². The fourth-order valence-electron chi connectivity index (χ4n) is 1.99. The zero-order chi connectivity index (χ0) is 11.8. The standard InChI is InChI=1S/C12H15NO3/c1-9-2-5-13(10(14)6-9)8-12(3-4-12)7-11(15)16/h2,5-6H,3-4,7-8H2,1H3,(H,15,16). The second-order valence-corrected chi connectivity index (χ2v) is 4.74. The molecule has 0 aliphatic heterocycles. The molecule has 0 spiro atoms. The number of aromatic nitrogens is 1. The van der Waals surface area contributed by atoms with Gasteiger partial charge in [0.1, 0.15) is 0 Å². The number of carboxylic acids is 1. The maximum Gasteiger partial charge on any atom is 0.303 e. The van der Waals surface area contributed by atoms with Crippen LogP contribution < -0.4 is 5.56 Å². The fourth-order valence-corrected chi connectivity index (χ4v) is 1.99. The zero-order valence-corrected chi connectivity index (χ0v) is 9.27. The van der Waals surface area contributed by atoms with Gasteiger partial charge in [0.05, 0.1) is 6.42 Å². The number of nitrogens with zero attached hydrogens (tertiary/aromatic N) is 1. The highest BCUT2D eigenvalue weighted by Gasteiger charge is 2.44. The Bertz CT molecular complexity index is 471. The first-order chi connectivity index (χ1) is 7.51. The molecular formula is C12H15NO3. The van der Waals surface area contributed by atoms with Gasteiger partial charge in [-0.3, -0.25) is 9.59 Å². The Balaban J connectivity index is 2.15. The van der Waals surface area contributed by atoms with Crippen LogP contribution in [0.2, 0.25) is 0 Å². The highest BCUT2D eigenvalue weighted by Crippen LogP contribution is 2.49. The van der Waals surface area contributed by atoms with Gasteiger partial charge in [0.15, 0.2) is 0 Å². The van der Waals surface area contributed by atoms with Crippen molar-refractivity contribution in [3.63, 3.8) is 0 Å². The van der Waals surface area contributed by atoms with Crippen LogP contribution in [-0.2, 0) is 11.3 Å². The molecule has 1 saturated carbocycles. The Kier molecular flexibility index (Phi) is 2.58. The molecule has 2 rings (SSSR count). The van der Waals surface area contributed by atoms with Crippen molar-refractivity contribution in [1.29, 1.82) is 0 Å². The first-order valence-corrected chi connectivity index (χ1v) is 5.40. The third-order valence-corrected chi connectivity index (χ3v) is 3.14. The summed E-state index contributed by atoms with van der Waals surface area (Å²) in [4.78, 5) is 22.3. The topological polar surface area (TPSA) is 59.3 Å². The molecule has 16 heavy (non-hydrogen) atoms. The minimum atomic E-state index is -0.780. The van der Waals surface area contributed by atoms with Gasteiger partial charge in [-0.25, -0.2) is 0 Å². The summed E-state index contributed by atoms with van der Waals surface area (Å²) in [7, 11) is 0. The van der Waals surface area contributed by atoms with E-state index in [0.717, 1.165) is 18.4 Å². The molecule has 4 nitrogen and oxygen atoms in total. The minimum absolute atomic E-state index is 0.0448. The molecule has 4 heteroatoms. The monoisotopic (exact) mass is 221 g/mol. The molecule has 1 heterocycles. The highest BCUT2D eigenvalue weighted by molar-refractivity contribution is 5.68. The van der Waals surface area contributed by atoms with E-state index in [1.54, 1.807) is 16.8 Å². The van der Waals surface area contributed by atoms with E-state index in [2.05, 4.69) is 0 Å². The Labute approximate surface area is 93.5 Å². The smallest absolute Gasteiger partial charge is 0.303 e. The summed E-state index contributed by atoms with van der Waals surface area (Å²) in [6, 6.07) is 3.45. The summed E-state index contributed by atoms with van der Waals surface area (Å²) < 4.78 is 1.61. The summed E-state index contributed by atoms with van der Waals surface area (Å²) >= 11 is 0. The third-order valence-electron chi connectivity index (χ3n) is 3.14. The lowest BCUT2D eigenvalue weighted by Crippen LogP contribution is -2.25. The molecule has 1 aromatic rings. The molecule has 0 radical (unpaired) electrons. The molecule has 1 fully saturated rings. The maximum atomic E-state index is 11.6. The lowest BCUT2D eigenvalue weighted by molar-refractivity contribution is -0.138. The van der Waals surface area contributed by atoms with Crippen molar-refractivity contribution in [2.75, 3.05) is 0 Å². The lowest BCUT2D eigenvalue weighted by atomic mass is 10.0. The normalized spacial score (nSPS) is 17.1. The van der Waals surface area contributed by atoms with Crippen molar-refractivity contribution in [2.24, 2.45) is 5.41 Å². The molecule has 0 bridgehead atoms. The Morgan fingerprint density at radius 2 is 2.25 bits per heavy atom.